The van der Waals surface area contributed by atoms with Crippen molar-refractivity contribution in [2.45, 2.75) is 18.4 Å². The summed E-state index contributed by atoms with van der Waals surface area (Å²) >= 11 is 0. The Hall–Kier alpha value is -2.12. The molecular weight excluding hydrogens is 335 g/mol. The fourth-order valence-corrected chi connectivity index (χ4v) is 3.58. The van der Waals surface area contributed by atoms with Gasteiger partial charge < -0.3 is 25.0 Å². The van der Waals surface area contributed by atoms with Crippen LogP contribution >= 0.6 is 0 Å². The van der Waals surface area contributed by atoms with Gasteiger partial charge in [0.25, 0.3) is 0 Å². The van der Waals surface area contributed by atoms with Crippen LogP contribution in [0.4, 0.5) is 4.39 Å². The first-order chi connectivity index (χ1) is 12.5. The van der Waals surface area contributed by atoms with Crippen LogP contribution in [0.15, 0.2) is 42.0 Å². The van der Waals surface area contributed by atoms with Crippen molar-refractivity contribution < 1.29 is 14.2 Å². The maximum Gasteiger partial charge on any atom is 0.204 e. The van der Waals surface area contributed by atoms with E-state index in [4.69, 9.17) is 10.1 Å². The molecule has 2 heterocycles. The number of hydrogen-bond acceptors (Lipinski definition) is 5. The zero-order chi connectivity index (χ0) is 18.6. The highest BCUT2D eigenvalue weighted by Crippen LogP contribution is 2.33. The Kier molecular flexibility index (Phi) is 5.78. The summed E-state index contributed by atoms with van der Waals surface area (Å²) in [5, 5.41) is 22.1. The minimum Gasteiger partial charge on any atom is -0.385 e. The van der Waals surface area contributed by atoms with Gasteiger partial charge in [-0.15, -0.1) is 0 Å². The van der Waals surface area contributed by atoms with Gasteiger partial charge >= 0.3 is 0 Å². The lowest BCUT2D eigenvalue weighted by Crippen LogP contribution is -2.46. The number of morpholine rings is 1. The van der Waals surface area contributed by atoms with Crippen LogP contribution in [0, 0.1) is 5.41 Å². The number of halogens is 1. The Bertz CT molecular complexity index is 651. The van der Waals surface area contributed by atoms with Gasteiger partial charge in [0.15, 0.2) is 5.84 Å². The molecule has 7 heteroatoms. The highest BCUT2D eigenvalue weighted by atomic mass is 19.1. The highest BCUT2D eigenvalue weighted by Gasteiger charge is 2.35. The van der Waals surface area contributed by atoms with Crippen molar-refractivity contribution in [1.29, 1.82) is 5.41 Å². The molecule has 6 nitrogen and oxygen atoms in total. The van der Waals surface area contributed by atoms with E-state index in [0.717, 1.165) is 5.56 Å². The summed E-state index contributed by atoms with van der Waals surface area (Å²) in [7, 11) is 1.67. The van der Waals surface area contributed by atoms with E-state index in [0.29, 0.717) is 58.1 Å². The van der Waals surface area contributed by atoms with Crippen LogP contribution in [-0.4, -0.2) is 67.2 Å². The molecule has 0 saturated carbocycles. The van der Waals surface area contributed by atoms with Gasteiger partial charge in [-0.2, -0.15) is 4.39 Å². The number of amidine groups is 1. The van der Waals surface area contributed by atoms with Crippen molar-refractivity contribution in [3.63, 3.8) is 0 Å². The molecule has 2 fully saturated rings. The molecule has 0 aromatic heterocycles. The van der Waals surface area contributed by atoms with Gasteiger partial charge in [-0.25, -0.2) is 0 Å². The van der Waals surface area contributed by atoms with Crippen molar-refractivity contribution in [2.24, 2.45) is 0 Å². The summed E-state index contributed by atoms with van der Waals surface area (Å²) in [4.78, 5) is 3.57. The van der Waals surface area contributed by atoms with Gasteiger partial charge in [0, 0.05) is 33.2 Å². The van der Waals surface area contributed by atoms with E-state index < -0.39 is 11.4 Å². The van der Waals surface area contributed by atoms with Crippen molar-refractivity contribution in [3.05, 3.63) is 47.5 Å². The number of likely N-dealkylation sites (tertiary alicyclic amines) is 1. The van der Waals surface area contributed by atoms with Crippen LogP contribution in [0.5, 0.6) is 0 Å². The molecule has 0 amide bonds. The maximum atomic E-state index is 15.0. The predicted molar refractivity (Wildman–Crippen MR) is 98.5 cm³/mol. The molecule has 26 heavy (non-hydrogen) atoms. The monoisotopic (exact) mass is 362 g/mol. The largest absolute Gasteiger partial charge is 0.385 e. The first-order valence-corrected chi connectivity index (χ1v) is 9.07. The third kappa shape index (κ3) is 3.83. The van der Waals surface area contributed by atoms with Gasteiger partial charge in [-0.3, -0.25) is 5.41 Å². The van der Waals surface area contributed by atoms with Gasteiger partial charge in [0.1, 0.15) is 5.82 Å². The van der Waals surface area contributed by atoms with Crippen molar-refractivity contribution >= 4 is 5.84 Å². The number of ether oxygens (including phenoxy) is 1. The zero-order valence-corrected chi connectivity index (χ0v) is 15.2. The third-order valence-electron chi connectivity index (χ3n) is 5.20. The van der Waals surface area contributed by atoms with Crippen LogP contribution in [-0.2, 0) is 10.3 Å². The van der Waals surface area contributed by atoms with Gasteiger partial charge in [-0.05, 0) is 18.4 Å². The second-order valence-electron chi connectivity index (χ2n) is 6.75. The molecule has 2 saturated heterocycles. The van der Waals surface area contributed by atoms with Crippen LogP contribution in [0.25, 0.3) is 0 Å². The van der Waals surface area contributed by atoms with E-state index in [1.807, 2.05) is 35.2 Å². The molecular formula is C19H27FN4O2. The minimum absolute atomic E-state index is 0.129. The average Bonchev–Trinajstić information content (AvgIpc) is 2.70. The van der Waals surface area contributed by atoms with Crippen LogP contribution in [0.1, 0.15) is 18.4 Å². The summed E-state index contributed by atoms with van der Waals surface area (Å²) < 4.78 is 20.3. The minimum atomic E-state index is -0.908. The summed E-state index contributed by atoms with van der Waals surface area (Å²) in [6.07, 6.45) is 0.943. The molecule has 0 spiro atoms. The van der Waals surface area contributed by atoms with Gasteiger partial charge in [0.2, 0.25) is 5.83 Å². The average molecular weight is 362 g/mol. The lowest BCUT2D eigenvalue weighted by atomic mass is 9.84. The fraction of sp³-hybridized carbons (Fsp3) is 0.526. The quantitative estimate of drug-likeness (QED) is 0.561. The Morgan fingerprint density at radius 3 is 2.31 bits per heavy atom. The first kappa shape index (κ1) is 18.7. The number of aliphatic hydroxyl groups is 1. The number of nitrogens with one attached hydrogen (secondary N) is 2. The van der Waals surface area contributed by atoms with Crippen molar-refractivity contribution in [1.82, 2.24) is 15.1 Å². The fourth-order valence-electron chi connectivity index (χ4n) is 3.58. The number of piperidine rings is 1. The Balaban J connectivity index is 1.68. The normalized spacial score (nSPS) is 21.2. The van der Waals surface area contributed by atoms with E-state index >= 15 is 0 Å². The topological polar surface area (TPSA) is 71.8 Å². The summed E-state index contributed by atoms with van der Waals surface area (Å²) in [6, 6.07) is 9.57. The maximum absolute atomic E-state index is 15.0. The number of rotatable bonds is 4. The Morgan fingerprint density at radius 2 is 1.73 bits per heavy atom. The predicted octanol–water partition coefficient (Wildman–Crippen LogP) is 1.64. The van der Waals surface area contributed by atoms with E-state index in [9.17, 15) is 9.50 Å². The Morgan fingerprint density at radius 1 is 1.12 bits per heavy atom. The molecule has 1 aromatic carbocycles. The van der Waals surface area contributed by atoms with Crippen molar-refractivity contribution in [2.75, 3.05) is 46.4 Å². The van der Waals surface area contributed by atoms with Gasteiger partial charge in [0.05, 0.1) is 18.8 Å². The molecule has 2 aliphatic heterocycles. The molecule has 0 radical (unpaired) electrons. The smallest absolute Gasteiger partial charge is 0.204 e. The molecule has 3 N–H and O–H groups in total. The summed E-state index contributed by atoms with van der Waals surface area (Å²) in [5.41, 5.74) is -0.0275. The summed E-state index contributed by atoms with van der Waals surface area (Å²) in [5.74, 6) is -0.349. The van der Waals surface area contributed by atoms with Crippen LogP contribution in [0.3, 0.4) is 0 Å². The first-order valence-electron chi connectivity index (χ1n) is 9.07. The molecule has 142 valence electrons. The summed E-state index contributed by atoms with van der Waals surface area (Å²) in [6.45, 7) is 3.20. The number of hydrogen-bond donors (Lipinski definition) is 3. The van der Waals surface area contributed by atoms with E-state index in [1.165, 1.54) is 0 Å². The number of benzene rings is 1. The molecule has 3 rings (SSSR count). The van der Waals surface area contributed by atoms with Crippen LogP contribution in [0.2, 0.25) is 0 Å². The standard InChI is InChI=1S/C19H27FN4O2/c1-22-18(24-11-13-26-14-12-24)16(20)17(21)23-9-7-19(25,8-10-23)15-5-3-2-4-6-15/h2-6,21-22,25H,7-14H2,1H3/b18-16-,21-17?. The van der Waals surface area contributed by atoms with E-state index in [2.05, 4.69) is 5.32 Å². The zero-order valence-electron chi connectivity index (χ0n) is 15.2. The Labute approximate surface area is 153 Å². The van der Waals surface area contributed by atoms with E-state index in [1.54, 1.807) is 11.9 Å². The molecule has 1 aromatic rings. The molecule has 2 aliphatic rings. The molecule has 0 unspecified atom stereocenters. The molecule has 0 aliphatic carbocycles. The molecule has 0 atom stereocenters. The highest BCUT2D eigenvalue weighted by molar-refractivity contribution is 5.94. The lowest BCUT2D eigenvalue weighted by Gasteiger charge is -2.39. The third-order valence-corrected chi connectivity index (χ3v) is 5.20. The number of nitrogens with zero attached hydrogens (tertiary/aromatic N) is 2. The second-order valence-corrected chi connectivity index (χ2v) is 6.75. The van der Waals surface area contributed by atoms with E-state index in [-0.39, 0.29) is 5.84 Å². The van der Waals surface area contributed by atoms with Crippen molar-refractivity contribution in [3.8, 4) is 0 Å². The van der Waals surface area contributed by atoms with Gasteiger partial charge in [-0.1, -0.05) is 30.3 Å². The SMILES string of the molecule is CN/C(=C(/F)C(=N)N1CCC(O)(c2ccccc2)CC1)N1CCOCC1. The lowest BCUT2D eigenvalue weighted by molar-refractivity contribution is -0.0125. The second kappa shape index (κ2) is 8.05. The van der Waals surface area contributed by atoms with Crippen LogP contribution < -0.4 is 5.32 Å². The molecule has 0 bridgehead atoms.